The zero-order valence-electron chi connectivity index (χ0n) is 15.1. The number of nitrogens with zero attached hydrogens (tertiary/aromatic N) is 2. The van der Waals surface area contributed by atoms with Crippen LogP contribution in [0.5, 0.6) is 5.75 Å². The van der Waals surface area contributed by atoms with Gasteiger partial charge in [0.15, 0.2) is 9.84 Å². The van der Waals surface area contributed by atoms with Gasteiger partial charge in [0.1, 0.15) is 5.75 Å². The molecule has 2 saturated heterocycles. The highest BCUT2D eigenvalue weighted by molar-refractivity contribution is 7.91. The summed E-state index contributed by atoms with van der Waals surface area (Å²) >= 11 is 0. The fourth-order valence-corrected chi connectivity index (χ4v) is 6.71. The molecule has 3 fully saturated rings. The molecule has 1 saturated carbocycles. The van der Waals surface area contributed by atoms with E-state index in [1.54, 1.807) is 4.90 Å². The molecule has 142 valence electrons. The Labute approximate surface area is 155 Å². The molecule has 7 heteroatoms. The molecular formula is C19H26N2O4S. The van der Waals surface area contributed by atoms with Gasteiger partial charge in [-0.1, -0.05) is 12.8 Å². The van der Waals surface area contributed by atoms with Gasteiger partial charge in [0.05, 0.1) is 30.7 Å². The number of fused-ring (bicyclic) bond motifs is 1. The maximum absolute atomic E-state index is 13.0. The predicted octanol–water partition coefficient (Wildman–Crippen LogP) is 1.84. The van der Waals surface area contributed by atoms with Gasteiger partial charge >= 0.3 is 0 Å². The Morgan fingerprint density at radius 3 is 2.38 bits per heavy atom. The van der Waals surface area contributed by atoms with E-state index in [9.17, 15) is 13.2 Å². The summed E-state index contributed by atoms with van der Waals surface area (Å²) in [4.78, 5) is 16.9. The van der Waals surface area contributed by atoms with E-state index in [1.807, 2.05) is 31.2 Å². The lowest BCUT2D eigenvalue weighted by Crippen LogP contribution is -2.64. The monoisotopic (exact) mass is 378 g/mol. The number of rotatable bonds is 4. The summed E-state index contributed by atoms with van der Waals surface area (Å²) in [6.45, 7) is 2.82. The van der Waals surface area contributed by atoms with Crippen LogP contribution in [0.4, 0.5) is 5.69 Å². The molecular weight excluding hydrogens is 352 g/mol. The Balaban J connectivity index is 1.64. The van der Waals surface area contributed by atoms with Gasteiger partial charge in [0.25, 0.3) is 0 Å². The van der Waals surface area contributed by atoms with Crippen LogP contribution in [0.25, 0.3) is 0 Å². The van der Waals surface area contributed by atoms with E-state index in [4.69, 9.17) is 4.74 Å². The second kappa shape index (κ2) is 6.85. The number of piperazine rings is 1. The first-order valence-corrected chi connectivity index (χ1v) is 11.3. The summed E-state index contributed by atoms with van der Waals surface area (Å²) in [6.07, 6.45) is 4.48. The van der Waals surface area contributed by atoms with E-state index in [-0.39, 0.29) is 29.5 Å². The van der Waals surface area contributed by atoms with Crippen LogP contribution in [0.15, 0.2) is 24.3 Å². The summed E-state index contributed by atoms with van der Waals surface area (Å²) in [5.41, 5.74) is 0.761. The van der Waals surface area contributed by atoms with E-state index in [0.29, 0.717) is 19.2 Å². The summed E-state index contributed by atoms with van der Waals surface area (Å²) < 4.78 is 30.3. The van der Waals surface area contributed by atoms with Gasteiger partial charge in [0, 0.05) is 17.8 Å². The molecule has 1 aliphatic carbocycles. The van der Waals surface area contributed by atoms with E-state index in [0.717, 1.165) is 24.3 Å². The van der Waals surface area contributed by atoms with Crippen LogP contribution in [-0.4, -0.2) is 62.0 Å². The third-order valence-electron chi connectivity index (χ3n) is 5.86. The van der Waals surface area contributed by atoms with Gasteiger partial charge in [-0.2, -0.15) is 0 Å². The lowest BCUT2D eigenvalue weighted by Gasteiger charge is -2.46. The molecule has 1 aromatic rings. The van der Waals surface area contributed by atoms with Crippen molar-refractivity contribution in [1.29, 1.82) is 0 Å². The molecule has 4 rings (SSSR count). The molecule has 3 aliphatic rings. The molecule has 2 atom stereocenters. The van der Waals surface area contributed by atoms with Crippen molar-refractivity contribution in [3.05, 3.63) is 24.3 Å². The highest BCUT2D eigenvalue weighted by Crippen LogP contribution is 2.36. The van der Waals surface area contributed by atoms with Gasteiger partial charge in [0.2, 0.25) is 5.91 Å². The van der Waals surface area contributed by atoms with Gasteiger partial charge in [-0.15, -0.1) is 0 Å². The van der Waals surface area contributed by atoms with Crippen molar-refractivity contribution in [2.75, 3.05) is 29.6 Å². The minimum absolute atomic E-state index is 0.000546. The number of sulfone groups is 1. The van der Waals surface area contributed by atoms with Crippen molar-refractivity contribution >= 4 is 21.4 Å². The summed E-state index contributed by atoms with van der Waals surface area (Å²) in [5.74, 6) is 0.970. The number of carbonyl (C=O) groups is 1. The van der Waals surface area contributed by atoms with Gasteiger partial charge < -0.3 is 9.64 Å². The molecule has 0 N–H and O–H groups in total. The minimum Gasteiger partial charge on any atom is -0.494 e. The minimum atomic E-state index is -3.13. The fraction of sp³-hybridized carbons (Fsp3) is 0.632. The average molecular weight is 378 g/mol. The molecule has 2 aliphatic heterocycles. The van der Waals surface area contributed by atoms with Crippen molar-refractivity contribution in [1.82, 2.24) is 4.90 Å². The Hall–Kier alpha value is -1.60. The number of hydrogen-bond donors (Lipinski definition) is 0. The molecule has 2 heterocycles. The summed E-state index contributed by atoms with van der Waals surface area (Å²) in [6, 6.07) is 7.36. The molecule has 2 unspecified atom stereocenters. The van der Waals surface area contributed by atoms with Crippen LogP contribution >= 0.6 is 0 Å². The van der Waals surface area contributed by atoms with E-state index in [2.05, 4.69) is 4.90 Å². The molecule has 1 aromatic carbocycles. The third-order valence-corrected chi connectivity index (χ3v) is 7.56. The third kappa shape index (κ3) is 3.22. The first kappa shape index (κ1) is 17.8. The highest BCUT2D eigenvalue weighted by Gasteiger charge is 2.51. The van der Waals surface area contributed by atoms with Crippen molar-refractivity contribution in [2.45, 2.75) is 50.7 Å². The SMILES string of the molecule is CCOc1ccc(N2C(=O)CN(C3CCCC3)C3CS(=O)(=O)CC32)cc1. The lowest BCUT2D eigenvalue weighted by atomic mass is 10.00. The average Bonchev–Trinajstić information content (AvgIpc) is 3.22. The Morgan fingerprint density at radius 1 is 1.08 bits per heavy atom. The number of carbonyl (C=O) groups excluding carboxylic acids is 1. The van der Waals surface area contributed by atoms with E-state index in [1.165, 1.54) is 12.8 Å². The van der Waals surface area contributed by atoms with Crippen LogP contribution < -0.4 is 9.64 Å². The maximum Gasteiger partial charge on any atom is 0.241 e. The largest absolute Gasteiger partial charge is 0.494 e. The van der Waals surface area contributed by atoms with E-state index < -0.39 is 9.84 Å². The maximum atomic E-state index is 13.0. The van der Waals surface area contributed by atoms with Gasteiger partial charge in [-0.05, 0) is 44.0 Å². The lowest BCUT2D eigenvalue weighted by molar-refractivity contribution is -0.124. The van der Waals surface area contributed by atoms with Crippen LogP contribution in [0, 0.1) is 0 Å². The Morgan fingerprint density at radius 2 is 1.73 bits per heavy atom. The first-order valence-electron chi connectivity index (χ1n) is 9.49. The second-order valence-electron chi connectivity index (χ2n) is 7.51. The normalized spacial score (nSPS) is 29.1. The molecule has 0 aromatic heterocycles. The molecule has 1 amide bonds. The van der Waals surface area contributed by atoms with Crippen molar-refractivity contribution in [2.24, 2.45) is 0 Å². The zero-order chi connectivity index (χ0) is 18.3. The summed E-state index contributed by atoms with van der Waals surface area (Å²) in [7, 11) is -3.13. The summed E-state index contributed by atoms with van der Waals surface area (Å²) in [5, 5.41) is 0. The smallest absolute Gasteiger partial charge is 0.241 e. The number of benzene rings is 1. The number of anilines is 1. The Bertz CT molecular complexity index is 771. The second-order valence-corrected chi connectivity index (χ2v) is 9.67. The molecule has 26 heavy (non-hydrogen) atoms. The van der Waals surface area contributed by atoms with E-state index >= 15 is 0 Å². The fourth-order valence-electron chi connectivity index (χ4n) is 4.75. The van der Waals surface area contributed by atoms with Crippen LogP contribution in [0.3, 0.4) is 0 Å². The van der Waals surface area contributed by atoms with Crippen LogP contribution in [0.1, 0.15) is 32.6 Å². The van der Waals surface area contributed by atoms with Crippen molar-refractivity contribution in [3.63, 3.8) is 0 Å². The number of amides is 1. The highest BCUT2D eigenvalue weighted by atomic mass is 32.2. The first-order chi connectivity index (χ1) is 12.5. The standard InChI is InChI=1S/C19H26N2O4S/c1-2-25-16-9-7-15(8-10-16)21-18-13-26(23,24)12-17(18)20(11-19(21)22)14-5-3-4-6-14/h7-10,14,17-18H,2-6,11-13H2,1H3. The van der Waals surface area contributed by atoms with Gasteiger partial charge in [-0.25, -0.2) is 8.42 Å². The zero-order valence-corrected chi connectivity index (χ0v) is 16.0. The quantitative estimate of drug-likeness (QED) is 0.800. The molecule has 6 nitrogen and oxygen atoms in total. The molecule has 0 radical (unpaired) electrons. The number of hydrogen-bond acceptors (Lipinski definition) is 5. The molecule has 0 bridgehead atoms. The van der Waals surface area contributed by atoms with Crippen LogP contribution in [0.2, 0.25) is 0 Å². The Kier molecular flexibility index (Phi) is 4.69. The topological polar surface area (TPSA) is 66.9 Å². The molecule has 0 spiro atoms. The van der Waals surface area contributed by atoms with Crippen LogP contribution in [-0.2, 0) is 14.6 Å². The predicted molar refractivity (Wildman–Crippen MR) is 100 cm³/mol. The van der Waals surface area contributed by atoms with Crippen molar-refractivity contribution in [3.8, 4) is 5.75 Å². The number of ether oxygens (including phenoxy) is 1. The van der Waals surface area contributed by atoms with Gasteiger partial charge in [-0.3, -0.25) is 9.69 Å². The van der Waals surface area contributed by atoms with Crippen molar-refractivity contribution < 1.29 is 17.9 Å².